The molecule has 2 aromatic carbocycles. The predicted molar refractivity (Wildman–Crippen MR) is 104 cm³/mol. The van der Waals surface area contributed by atoms with Crippen LogP contribution >= 0.6 is 0 Å². The Balaban J connectivity index is 2.04. The Bertz CT molecular complexity index is 1310. The van der Waals surface area contributed by atoms with Gasteiger partial charge in [-0.3, -0.25) is 4.79 Å². The van der Waals surface area contributed by atoms with Gasteiger partial charge in [-0.2, -0.15) is 0 Å². The van der Waals surface area contributed by atoms with Crippen molar-refractivity contribution in [1.82, 2.24) is 8.96 Å². The van der Waals surface area contributed by atoms with Gasteiger partial charge >= 0.3 is 0 Å². The van der Waals surface area contributed by atoms with Gasteiger partial charge in [0.2, 0.25) is 0 Å². The van der Waals surface area contributed by atoms with Crippen LogP contribution in [0, 0.1) is 12.7 Å². The van der Waals surface area contributed by atoms with Crippen LogP contribution in [0.4, 0.5) is 4.39 Å². The molecular formula is C21H15FN2O3S. The Morgan fingerprint density at radius 3 is 2.46 bits per heavy atom. The monoisotopic (exact) mass is 394 g/mol. The number of rotatable bonds is 4. The number of benzene rings is 2. The highest BCUT2D eigenvalue weighted by Crippen LogP contribution is 2.34. The molecule has 2 aromatic heterocycles. The number of hydrogen-bond donors (Lipinski definition) is 0. The molecule has 0 saturated carbocycles. The van der Waals surface area contributed by atoms with E-state index < -0.39 is 15.8 Å². The van der Waals surface area contributed by atoms with E-state index in [0.29, 0.717) is 28.4 Å². The fourth-order valence-electron chi connectivity index (χ4n) is 3.12. The second kappa shape index (κ2) is 6.69. The highest BCUT2D eigenvalue weighted by molar-refractivity contribution is 7.90. The van der Waals surface area contributed by atoms with E-state index in [4.69, 9.17) is 0 Å². The van der Waals surface area contributed by atoms with Gasteiger partial charge < -0.3 is 0 Å². The van der Waals surface area contributed by atoms with Crippen LogP contribution in [-0.4, -0.2) is 23.7 Å². The van der Waals surface area contributed by atoms with Crippen LogP contribution in [0.15, 0.2) is 71.9 Å². The van der Waals surface area contributed by atoms with E-state index in [-0.39, 0.29) is 10.5 Å². The molecule has 0 amide bonds. The minimum atomic E-state index is -3.96. The third-order valence-electron chi connectivity index (χ3n) is 4.53. The minimum absolute atomic E-state index is 0.0938. The fourth-order valence-corrected chi connectivity index (χ4v) is 4.45. The van der Waals surface area contributed by atoms with Gasteiger partial charge in [0, 0.05) is 22.7 Å². The van der Waals surface area contributed by atoms with Crippen molar-refractivity contribution in [2.24, 2.45) is 0 Å². The van der Waals surface area contributed by atoms with Gasteiger partial charge in [0.15, 0.2) is 11.9 Å². The SMILES string of the molecule is Cc1ccc(S(=O)(=O)n2cc(-c3ccccc3C=O)c3cc(F)cnc32)cc1. The number of halogens is 1. The summed E-state index contributed by atoms with van der Waals surface area (Å²) in [6.45, 7) is 1.86. The Morgan fingerprint density at radius 2 is 1.75 bits per heavy atom. The third kappa shape index (κ3) is 2.90. The number of carbonyl (C=O) groups excluding carboxylic acids is 1. The standard InChI is InChI=1S/C21H15FN2O3S/c1-14-6-8-17(9-7-14)28(26,27)24-12-20(18-5-3-2-4-15(18)13-25)19-10-16(22)11-23-21(19)24/h2-13H,1H3. The summed E-state index contributed by atoms with van der Waals surface area (Å²) in [5, 5.41) is 0.310. The van der Waals surface area contributed by atoms with Gasteiger partial charge in [0.1, 0.15) is 5.82 Å². The van der Waals surface area contributed by atoms with Gasteiger partial charge in [0.25, 0.3) is 10.0 Å². The molecule has 7 heteroatoms. The molecule has 0 atom stereocenters. The van der Waals surface area contributed by atoms with Crippen LogP contribution in [0.3, 0.4) is 0 Å². The Kier molecular flexibility index (Phi) is 4.31. The molecule has 0 bridgehead atoms. The summed E-state index contributed by atoms with van der Waals surface area (Å²) in [7, 11) is -3.96. The van der Waals surface area contributed by atoms with Crippen molar-refractivity contribution < 1.29 is 17.6 Å². The summed E-state index contributed by atoms with van der Waals surface area (Å²) in [6.07, 6.45) is 3.03. The first-order chi connectivity index (χ1) is 13.4. The Hall–Kier alpha value is -3.32. The van der Waals surface area contributed by atoms with Crippen molar-refractivity contribution in [2.75, 3.05) is 0 Å². The van der Waals surface area contributed by atoms with E-state index >= 15 is 0 Å². The molecule has 140 valence electrons. The van der Waals surface area contributed by atoms with E-state index in [1.54, 1.807) is 36.4 Å². The second-order valence-electron chi connectivity index (χ2n) is 6.39. The van der Waals surface area contributed by atoms with Crippen molar-refractivity contribution in [3.63, 3.8) is 0 Å². The van der Waals surface area contributed by atoms with Crippen molar-refractivity contribution in [3.8, 4) is 11.1 Å². The molecule has 0 fully saturated rings. The lowest BCUT2D eigenvalue weighted by Gasteiger charge is -2.07. The summed E-state index contributed by atoms with van der Waals surface area (Å²) < 4.78 is 41.3. The molecule has 0 N–H and O–H groups in total. The zero-order valence-electron chi connectivity index (χ0n) is 14.8. The molecule has 28 heavy (non-hydrogen) atoms. The molecule has 0 aliphatic heterocycles. The number of fused-ring (bicyclic) bond motifs is 1. The average molecular weight is 394 g/mol. The van der Waals surface area contributed by atoms with E-state index in [0.717, 1.165) is 15.7 Å². The molecule has 0 spiro atoms. The molecule has 0 radical (unpaired) electrons. The van der Waals surface area contributed by atoms with E-state index in [2.05, 4.69) is 4.98 Å². The van der Waals surface area contributed by atoms with Crippen LogP contribution in [0.25, 0.3) is 22.2 Å². The van der Waals surface area contributed by atoms with Crippen LogP contribution in [0.1, 0.15) is 15.9 Å². The average Bonchev–Trinajstić information content (AvgIpc) is 3.07. The molecule has 4 rings (SSSR count). The predicted octanol–water partition coefficient (Wildman–Crippen LogP) is 4.20. The molecule has 0 saturated heterocycles. The number of aldehydes is 1. The summed E-state index contributed by atoms with van der Waals surface area (Å²) in [5.74, 6) is -0.595. The van der Waals surface area contributed by atoms with Gasteiger partial charge in [-0.1, -0.05) is 42.0 Å². The maximum absolute atomic E-state index is 13.9. The van der Waals surface area contributed by atoms with Gasteiger partial charge in [0.05, 0.1) is 11.1 Å². The highest BCUT2D eigenvalue weighted by Gasteiger charge is 2.23. The Morgan fingerprint density at radius 1 is 1.04 bits per heavy atom. The van der Waals surface area contributed by atoms with Crippen molar-refractivity contribution in [1.29, 1.82) is 0 Å². The molecule has 4 aromatic rings. The van der Waals surface area contributed by atoms with E-state index in [9.17, 15) is 17.6 Å². The number of nitrogens with zero attached hydrogens (tertiary/aromatic N) is 2. The fraction of sp³-hybridized carbons (Fsp3) is 0.0476. The summed E-state index contributed by atoms with van der Waals surface area (Å²) in [6, 6.07) is 14.4. The molecule has 0 unspecified atom stereocenters. The molecule has 0 aliphatic carbocycles. The van der Waals surface area contributed by atoms with Crippen LogP contribution in [-0.2, 0) is 10.0 Å². The summed E-state index contributed by atoms with van der Waals surface area (Å²) >= 11 is 0. The normalized spacial score (nSPS) is 11.6. The number of pyridine rings is 1. The summed E-state index contributed by atoms with van der Waals surface area (Å²) in [4.78, 5) is 15.6. The number of aromatic nitrogens is 2. The maximum atomic E-state index is 13.9. The smallest absolute Gasteiger partial charge is 0.269 e. The van der Waals surface area contributed by atoms with Gasteiger partial charge in [-0.25, -0.2) is 21.8 Å². The first kappa shape index (κ1) is 18.1. The first-order valence-corrected chi connectivity index (χ1v) is 9.89. The largest absolute Gasteiger partial charge is 0.298 e. The number of hydrogen-bond acceptors (Lipinski definition) is 4. The van der Waals surface area contributed by atoms with Crippen molar-refractivity contribution in [2.45, 2.75) is 11.8 Å². The number of aryl methyl sites for hydroxylation is 1. The number of carbonyl (C=O) groups is 1. The lowest BCUT2D eigenvalue weighted by atomic mass is 10.0. The zero-order chi connectivity index (χ0) is 19.9. The second-order valence-corrected chi connectivity index (χ2v) is 8.20. The molecule has 2 heterocycles. The topological polar surface area (TPSA) is 69.0 Å². The van der Waals surface area contributed by atoms with E-state index in [1.165, 1.54) is 24.4 Å². The maximum Gasteiger partial charge on any atom is 0.269 e. The molecular weight excluding hydrogens is 379 g/mol. The zero-order valence-corrected chi connectivity index (χ0v) is 15.7. The van der Waals surface area contributed by atoms with Gasteiger partial charge in [-0.15, -0.1) is 0 Å². The summed E-state index contributed by atoms with van der Waals surface area (Å²) in [5.41, 5.74) is 2.32. The quantitative estimate of drug-likeness (QED) is 0.487. The van der Waals surface area contributed by atoms with E-state index in [1.807, 2.05) is 6.92 Å². The first-order valence-electron chi connectivity index (χ1n) is 8.45. The van der Waals surface area contributed by atoms with Crippen LogP contribution < -0.4 is 0 Å². The van der Waals surface area contributed by atoms with Crippen molar-refractivity contribution in [3.05, 3.63) is 83.9 Å². The lowest BCUT2D eigenvalue weighted by Crippen LogP contribution is -2.12. The van der Waals surface area contributed by atoms with Crippen LogP contribution in [0.2, 0.25) is 0 Å². The Labute approximate surface area is 161 Å². The van der Waals surface area contributed by atoms with Crippen LogP contribution in [0.5, 0.6) is 0 Å². The lowest BCUT2D eigenvalue weighted by molar-refractivity contribution is 0.112. The molecule has 0 aliphatic rings. The molecule has 5 nitrogen and oxygen atoms in total. The van der Waals surface area contributed by atoms with Gasteiger partial charge in [-0.05, 0) is 30.7 Å². The third-order valence-corrected chi connectivity index (χ3v) is 6.20. The van der Waals surface area contributed by atoms with Crippen molar-refractivity contribution >= 4 is 27.3 Å². The highest BCUT2D eigenvalue weighted by atomic mass is 32.2. The minimum Gasteiger partial charge on any atom is -0.298 e.